The highest BCUT2D eigenvalue weighted by Gasteiger charge is 2.28. The van der Waals surface area contributed by atoms with E-state index in [4.69, 9.17) is 0 Å². The minimum absolute atomic E-state index is 0.201. The molecule has 0 bridgehead atoms. The highest BCUT2D eigenvalue weighted by molar-refractivity contribution is 7.99. The van der Waals surface area contributed by atoms with E-state index in [-0.39, 0.29) is 5.91 Å². The predicted molar refractivity (Wildman–Crippen MR) is 72.4 cm³/mol. The van der Waals surface area contributed by atoms with E-state index in [1.807, 2.05) is 4.90 Å². The van der Waals surface area contributed by atoms with Gasteiger partial charge in [0.15, 0.2) is 5.16 Å². The number of rotatable bonds is 3. The summed E-state index contributed by atoms with van der Waals surface area (Å²) in [6.07, 6.45) is 6.85. The molecule has 1 aromatic rings. The average molecular weight is 265 g/mol. The molecular formula is C13H19N3OS. The fraction of sp³-hybridized carbons (Fsp3) is 0.615. The van der Waals surface area contributed by atoms with Crippen molar-refractivity contribution >= 4 is 17.7 Å². The Morgan fingerprint density at radius 1 is 1.33 bits per heavy atom. The van der Waals surface area contributed by atoms with Crippen LogP contribution in [0.3, 0.4) is 0 Å². The molecule has 2 rings (SSSR count). The summed E-state index contributed by atoms with van der Waals surface area (Å²) in [5, 5.41) is 0.670. The second kappa shape index (κ2) is 6.18. The van der Waals surface area contributed by atoms with Crippen molar-refractivity contribution in [3.05, 3.63) is 18.5 Å². The van der Waals surface area contributed by atoms with Crippen LogP contribution in [0.5, 0.6) is 0 Å². The third-order valence-electron chi connectivity index (χ3n) is 3.35. The molecule has 1 aliphatic rings. The van der Waals surface area contributed by atoms with E-state index in [9.17, 15) is 4.79 Å². The summed E-state index contributed by atoms with van der Waals surface area (Å²) in [6, 6.07) is 2.50. The molecule has 18 heavy (non-hydrogen) atoms. The van der Waals surface area contributed by atoms with Crippen LogP contribution in [0.2, 0.25) is 0 Å². The maximum atomic E-state index is 12.2. The summed E-state index contributed by atoms with van der Waals surface area (Å²) in [7, 11) is 0. The molecule has 4 nitrogen and oxygen atoms in total. The van der Waals surface area contributed by atoms with E-state index in [0.29, 0.717) is 23.0 Å². The fourth-order valence-electron chi connectivity index (χ4n) is 2.47. The van der Waals surface area contributed by atoms with Crippen molar-refractivity contribution in [1.29, 1.82) is 0 Å². The number of carbonyl (C=O) groups is 1. The molecule has 2 heterocycles. The smallest absolute Gasteiger partial charge is 0.233 e. The zero-order valence-electron chi connectivity index (χ0n) is 10.9. The standard InChI is InChI=1S/C13H19N3OS/c1-10-5-3-6-11(2)16(10)12(17)9-18-13-14-7-4-8-15-13/h4,7-8,10-11H,3,5-6,9H2,1-2H3/t10-,11-/m1/s1. The lowest BCUT2D eigenvalue weighted by Gasteiger charge is -2.39. The van der Waals surface area contributed by atoms with E-state index in [2.05, 4.69) is 23.8 Å². The van der Waals surface area contributed by atoms with Crippen LogP contribution in [0.15, 0.2) is 23.6 Å². The van der Waals surface area contributed by atoms with Crippen LogP contribution in [-0.4, -0.2) is 38.6 Å². The average Bonchev–Trinajstić information content (AvgIpc) is 2.37. The van der Waals surface area contributed by atoms with Crippen molar-refractivity contribution in [2.75, 3.05) is 5.75 Å². The Kier molecular flexibility index (Phi) is 4.58. The third-order valence-corrected chi connectivity index (χ3v) is 4.21. The molecule has 98 valence electrons. The molecule has 1 aromatic heterocycles. The minimum Gasteiger partial charge on any atom is -0.337 e. The molecule has 0 saturated carbocycles. The molecule has 1 amide bonds. The second-order valence-corrected chi connectivity index (χ2v) is 5.69. The summed E-state index contributed by atoms with van der Waals surface area (Å²) in [4.78, 5) is 22.5. The lowest BCUT2D eigenvalue weighted by atomic mass is 9.98. The van der Waals surface area contributed by atoms with Crippen LogP contribution < -0.4 is 0 Å². The summed E-state index contributed by atoms with van der Waals surface area (Å²) >= 11 is 1.41. The van der Waals surface area contributed by atoms with Crippen LogP contribution in [0.4, 0.5) is 0 Å². The third kappa shape index (κ3) is 3.22. The number of amides is 1. The maximum Gasteiger partial charge on any atom is 0.233 e. The van der Waals surface area contributed by atoms with Crippen molar-refractivity contribution in [2.45, 2.75) is 50.4 Å². The van der Waals surface area contributed by atoms with Crippen LogP contribution in [0.1, 0.15) is 33.1 Å². The Hall–Kier alpha value is -1.10. The number of carbonyl (C=O) groups excluding carboxylic acids is 1. The molecule has 0 N–H and O–H groups in total. The van der Waals surface area contributed by atoms with Gasteiger partial charge in [0.05, 0.1) is 5.75 Å². The largest absolute Gasteiger partial charge is 0.337 e. The van der Waals surface area contributed by atoms with Crippen molar-refractivity contribution in [3.63, 3.8) is 0 Å². The number of likely N-dealkylation sites (tertiary alicyclic amines) is 1. The van der Waals surface area contributed by atoms with Gasteiger partial charge in [-0.25, -0.2) is 9.97 Å². The van der Waals surface area contributed by atoms with Gasteiger partial charge in [0.2, 0.25) is 5.91 Å². The van der Waals surface area contributed by atoms with Crippen LogP contribution in [-0.2, 0) is 4.79 Å². The first kappa shape index (κ1) is 13.3. The molecule has 0 aliphatic carbocycles. The van der Waals surface area contributed by atoms with Gasteiger partial charge in [0.1, 0.15) is 0 Å². The monoisotopic (exact) mass is 265 g/mol. The van der Waals surface area contributed by atoms with Crippen molar-refractivity contribution in [1.82, 2.24) is 14.9 Å². The Labute approximate surface area is 112 Å². The van der Waals surface area contributed by atoms with Gasteiger partial charge in [-0.1, -0.05) is 11.8 Å². The van der Waals surface area contributed by atoms with E-state index in [1.54, 1.807) is 18.5 Å². The number of nitrogens with zero attached hydrogens (tertiary/aromatic N) is 3. The van der Waals surface area contributed by atoms with Gasteiger partial charge in [-0.2, -0.15) is 0 Å². The van der Waals surface area contributed by atoms with Crippen LogP contribution in [0, 0.1) is 0 Å². The zero-order valence-corrected chi connectivity index (χ0v) is 11.7. The van der Waals surface area contributed by atoms with Gasteiger partial charge in [0.25, 0.3) is 0 Å². The zero-order chi connectivity index (χ0) is 13.0. The van der Waals surface area contributed by atoms with Gasteiger partial charge in [-0.3, -0.25) is 4.79 Å². The molecule has 0 aromatic carbocycles. The highest BCUT2D eigenvalue weighted by Crippen LogP contribution is 2.24. The van der Waals surface area contributed by atoms with Crippen molar-refractivity contribution < 1.29 is 4.79 Å². The number of hydrogen-bond acceptors (Lipinski definition) is 4. The maximum absolute atomic E-state index is 12.2. The normalized spacial score (nSPS) is 24.0. The molecule has 0 radical (unpaired) electrons. The van der Waals surface area contributed by atoms with Gasteiger partial charge in [-0.05, 0) is 39.2 Å². The SMILES string of the molecule is C[C@@H]1CCC[C@@H](C)N1C(=O)CSc1ncccn1. The highest BCUT2D eigenvalue weighted by atomic mass is 32.2. The van der Waals surface area contributed by atoms with Gasteiger partial charge in [0, 0.05) is 24.5 Å². The van der Waals surface area contributed by atoms with Gasteiger partial charge >= 0.3 is 0 Å². The first-order valence-electron chi connectivity index (χ1n) is 6.39. The van der Waals surface area contributed by atoms with E-state index < -0.39 is 0 Å². The minimum atomic E-state index is 0.201. The van der Waals surface area contributed by atoms with E-state index in [1.165, 1.54) is 18.2 Å². The number of hydrogen-bond donors (Lipinski definition) is 0. The Balaban J connectivity index is 1.91. The first-order valence-corrected chi connectivity index (χ1v) is 7.38. The Morgan fingerprint density at radius 3 is 2.56 bits per heavy atom. The van der Waals surface area contributed by atoms with Crippen molar-refractivity contribution in [2.24, 2.45) is 0 Å². The van der Waals surface area contributed by atoms with E-state index in [0.717, 1.165) is 12.8 Å². The summed E-state index contributed by atoms with van der Waals surface area (Å²) in [5.74, 6) is 0.630. The number of aromatic nitrogens is 2. The molecule has 0 unspecified atom stereocenters. The second-order valence-electron chi connectivity index (χ2n) is 4.75. The molecule has 0 spiro atoms. The molecular weight excluding hydrogens is 246 g/mol. The molecule has 1 aliphatic heterocycles. The summed E-state index contributed by atoms with van der Waals surface area (Å²) in [5.41, 5.74) is 0. The number of piperidine rings is 1. The van der Waals surface area contributed by atoms with Crippen molar-refractivity contribution in [3.8, 4) is 0 Å². The fourth-order valence-corrected chi connectivity index (χ4v) is 3.15. The van der Waals surface area contributed by atoms with Crippen LogP contribution >= 0.6 is 11.8 Å². The summed E-state index contributed by atoms with van der Waals surface area (Å²) in [6.45, 7) is 4.27. The summed E-state index contributed by atoms with van der Waals surface area (Å²) < 4.78 is 0. The quantitative estimate of drug-likeness (QED) is 0.622. The Bertz CT molecular complexity index is 388. The van der Waals surface area contributed by atoms with Gasteiger partial charge < -0.3 is 4.90 Å². The molecule has 1 saturated heterocycles. The van der Waals surface area contributed by atoms with Gasteiger partial charge in [-0.15, -0.1) is 0 Å². The van der Waals surface area contributed by atoms with Crippen LogP contribution in [0.25, 0.3) is 0 Å². The topological polar surface area (TPSA) is 46.1 Å². The number of thioether (sulfide) groups is 1. The Morgan fingerprint density at radius 2 is 1.94 bits per heavy atom. The first-order chi connectivity index (χ1) is 8.68. The van der Waals surface area contributed by atoms with E-state index >= 15 is 0 Å². The predicted octanol–water partition coefficient (Wildman–Crippen LogP) is 2.36. The lowest BCUT2D eigenvalue weighted by molar-refractivity contribution is -0.134. The molecule has 2 atom stereocenters. The molecule has 5 heteroatoms. The lowest BCUT2D eigenvalue weighted by Crippen LogP contribution is -2.48. The molecule has 1 fully saturated rings.